The fraction of sp³-hybridized carbons (Fsp3) is 0.231. The number of aryl methyl sites for hydroxylation is 1. The van der Waals surface area contributed by atoms with E-state index in [2.05, 4.69) is 24.6 Å². The molecule has 0 amide bonds. The second-order valence-electron chi connectivity index (χ2n) is 4.60. The molecule has 3 rings (SSSR count). The first-order chi connectivity index (χ1) is 11.1. The van der Waals surface area contributed by atoms with Crippen LogP contribution < -0.4 is 16.2 Å². The Balaban J connectivity index is 2.11. The van der Waals surface area contributed by atoms with Crippen molar-refractivity contribution in [3.8, 4) is 23.1 Å². The highest BCUT2D eigenvalue weighted by molar-refractivity contribution is 5.58. The van der Waals surface area contributed by atoms with E-state index in [4.69, 9.17) is 10.5 Å². The summed E-state index contributed by atoms with van der Waals surface area (Å²) in [5.41, 5.74) is 6.16. The third-order valence-electron chi connectivity index (χ3n) is 3.03. The molecule has 0 atom stereocenters. The third-order valence-corrected chi connectivity index (χ3v) is 3.03. The lowest BCUT2D eigenvalue weighted by Crippen LogP contribution is -2.14. The monoisotopic (exact) mass is 321 g/mol. The van der Waals surface area contributed by atoms with Gasteiger partial charge in [0.2, 0.25) is 11.5 Å². The first-order valence-corrected chi connectivity index (χ1v) is 6.63. The Hall–Kier alpha value is -3.01. The average molecular weight is 321 g/mol. The molecule has 3 aromatic rings. The van der Waals surface area contributed by atoms with Crippen molar-refractivity contribution in [2.24, 2.45) is 5.73 Å². The molecule has 0 fully saturated rings. The molecule has 0 aliphatic carbocycles. The summed E-state index contributed by atoms with van der Waals surface area (Å²) in [6.07, 6.45) is 0. The maximum Gasteiger partial charge on any atom is 0.446 e. The lowest BCUT2D eigenvalue weighted by molar-refractivity contribution is 0.260. The van der Waals surface area contributed by atoms with Crippen LogP contribution in [0.4, 0.5) is 4.39 Å². The third kappa shape index (κ3) is 2.71. The first-order valence-electron chi connectivity index (χ1n) is 6.63. The lowest BCUT2D eigenvalue weighted by Gasteiger charge is -2.05. The van der Waals surface area contributed by atoms with E-state index in [0.29, 0.717) is 11.3 Å². The second kappa shape index (κ2) is 6.01. The van der Waals surface area contributed by atoms with Crippen molar-refractivity contribution in [2.75, 3.05) is 13.2 Å². The van der Waals surface area contributed by atoms with Crippen molar-refractivity contribution < 1.29 is 18.3 Å². The summed E-state index contributed by atoms with van der Waals surface area (Å²) in [6.45, 7) is 2.01. The smallest absolute Gasteiger partial charge is 0.446 e. The van der Waals surface area contributed by atoms with Crippen LogP contribution in [0.15, 0.2) is 32.1 Å². The molecule has 2 aromatic heterocycles. The van der Waals surface area contributed by atoms with Crippen LogP contribution in [0.25, 0.3) is 17.2 Å². The van der Waals surface area contributed by atoms with E-state index >= 15 is 0 Å². The van der Waals surface area contributed by atoms with Crippen LogP contribution in [0, 0.1) is 12.7 Å². The van der Waals surface area contributed by atoms with Gasteiger partial charge >= 0.3 is 5.76 Å². The van der Waals surface area contributed by atoms with Crippen LogP contribution in [-0.2, 0) is 0 Å². The Kier molecular flexibility index (Phi) is 3.89. The van der Waals surface area contributed by atoms with E-state index in [1.807, 2.05) is 0 Å². The molecule has 0 aliphatic heterocycles. The molecule has 0 unspecified atom stereocenters. The van der Waals surface area contributed by atoms with Gasteiger partial charge in [-0.15, -0.1) is 0 Å². The Morgan fingerprint density at radius 3 is 2.91 bits per heavy atom. The number of halogens is 1. The van der Waals surface area contributed by atoms with E-state index in [9.17, 15) is 9.18 Å². The number of aromatic nitrogens is 4. The molecule has 0 saturated carbocycles. The van der Waals surface area contributed by atoms with Gasteiger partial charge in [-0.3, -0.25) is 4.52 Å². The topological polar surface area (TPSA) is 122 Å². The highest BCUT2D eigenvalue weighted by Crippen LogP contribution is 2.26. The molecule has 0 saturated heterocycles. The van der Waals surface area contributed by atoms with Gasteiger partial charge in [-0.05, 0) is 41.0 Å². The molecule has 0 bridgehead atoms. The summed E-state index contributed by atoms with van der Waals surface area (Å²) < 4.78 is 29.1. The lowest BCUT2D eigenvalue weighted by atomic mass is 10.2. The van der Waals surface area contributed by atoms with E-state index in [1.165, 1.54) is 18.2 Å². The molecule has 10 heteroatoms. The van der Waals surface area contributed by atoms with Crippen molar-refractivity contribution in [3.63, 3.8) is 0 Å². The summed E-state index contributed by atoms with van der Waals surface area (Å²) in [4.78, 5) is 12.0. The van der Waals surface area contributed by atoms with Gasteiger partial charge in [0.25, 0.3) is 5.88 Å². The number of hydrogen-bond acceptors (Lipinski definition) is 8. The zero-order valence-electron chi connectivity index (χ0n) is 12.0. The van der Waals surface area contributed by atoms with Gasteiger partial charge < -0.3 is 10.5 Å². The summed E-state index contributed by atoms with van der Waals surface area (Å²) in [5, 5.41) is 10.9. The van der Waals surface area contributed by atoms with Crippen molar-refractivity contribution in [2.45, 2.75) is 6.92 Å². The van der Waals surface area contributed by atoms with Crippen molar-refractivity contribution in [1.82, 2.24) is 20.0 Å². The Labute approximate surface area is 128 Å². The summed E-state index contributed by atoms with van der Waals surface area (Å²) in [6, 6.07) is 4.13. The summed E-state index contributed by atoms with van der Waals surface area (Å²) in [7, 11) is 0. The maximum atomic E-state index is 13.4. The van der Waals surface area contributed by atoms with Crippen LogP contribution in [0.5, 0.6) is 5.88 Å². The Morgan fingerprint density at radius 2 is 2.17 bits per heavy atom. The zero-order chi connectivity index (χ0) is 16.4. The quantitative estimate of drug-likeness (QED) is 0.727. The molecular weight excluding hydrogens is 309 g/mol. The molecule has 2 N–H and O–H groups in total. The molecule has 0 spiro atoms. The fourth-order valence-corrected chi connectivity index (χ4v) is 1.96. The number of ether oxygens (including phenoxy) is 1. The van der Waals surface area contributed by atoms with Crippen molar-refractivity contribution in [1.29, 1.82) is 0 Å². The SMILES string of the molecule is Cc1cc(-n2c(-c3nonc3OCCN)noc2=O)ccc1F. The van der Waals surface area contributed by atoms with E-state index in [-0.39, 0.29) is 30.5 Å². The Morgan fingerprint density at radius 1 is 1.35 bits per heavy atom. The highest BCUT2D eigenvalue weighted by atomic mass is 19.1. The van der Waals surface area contributed by atoms with Gasteiger partial charge in [-0.25, -0.2) is 18.4 Å². The van der Waals surface area contributed by atoms with Gasteiger partial charge in [0.15, 0.2) is 0 Å². The predicted molar refractivity (Wildman–Crippen MR) is 74.6 cm³/mol. The number of benzene rings is 1. The number of nitrogens with two attached hydrogens (primary N) is 1. The van der Waals surface area contributed by atoms with Crippen LogP contribution in [-0.4, -0.2) is 33.2 Å². The molecule has 1 aromatic carbocycles. The number of rotatable bonds is 5. The minimum atomic E-state index is -0.765. The molecule has 2 heterocycles. The van der Waals surface area contributed by atoms with E-state index in [1.54, 1.807) is 6.92 Å². The van der Waals surface area contributed by atoms with Gasteiger partial charge in [-0.2, -0.15) is 0 Å². The normalized spacial score (nSPS) is 10.9. The molecule has 23 heavy (non-hydrogen) atoms. The van der Waals surface area contributed by atoms with Crippen LogP contribution in [0.2, 0.25) is 0 Å². The fourth-order valence-electron chi connectivity index (χ4n) is 1.96. The number of hydrogen-bond donors (Lipinski definition) is 1. The van der Waals surface area contributed by atoms with Crippen molar-refractivity contribution >= 4 is 0 Å². The molecule has 120 valence electrons. The van der Waals surface area contributed by atoms with Gasteiger partial charge in [0.05, 0.1) is 5.69 Å². The average Bonchev–Trinajstić information content (AvgIpc) is 3.14. The molecule has 9 nitrogen and oxygen atoms in total. The van der Waals surface area contributed by atoms with E-state index in [0.717, 1.165) is 4.57 Å². The van der Waals surface area contributed by atoms with Crippen LogP contribution >= 0.6 is 0 Å². The predicted octanol–water partition coefficient (Wildman–Crippen LogP) is 0.661. The Bertz CT molecular complexity index is 885. The highest BCUT2D eigenvalue weighted by Gasteiger charge is 2.23. The van der Waals surface area contributed by atoms with E-state index < -0.39 is 11.6 Å². The van der Waals surface area contributed by atoms with Gasteiger partial charge in [0, 0.05) is 6.54 Å². The van der Waals surface area contributed by atoms with Crippen LogP contribution in [0.1, 0.15) is 5.56 Å². The first kappa shape index (κ1) is 14.9. The maximum absolute atomic E-state index is 13.4. The summed E-state index contributed by atoms with van der Waals surface area (Å²) in [5.74, 6) is -1.11. The van der Waals surface area contributed by atoms with Gasteiger partial charge in [-0.1, -0.05) is 5.16 Å². The zero-order valence-corrected chi connectivity index (χ0v) is 12.0. The molecule has 0 aliphatic rings. The second-order valence-corrected chi connectivity index (χ2v) is 4.60. The van der Waals surface area contributed by atoms with Gasteiger partial charge in [0.1, 0.15) is 12.4 Å². The van der Waals surface area contributed by atoms with Crippen LogP contribution in [0.3, 0.4) is 0 Å². The minimum absolute atomic E-state index is 0.0225. The van der Waals surface area contributed by atoms with Crippen molar-refractivity contribution in [3.05, 3.63) is 40.1 Å². The minimum Gasteiger partial charge on any atom is -0.472 e. The number of nitrogens with zero attached hydrogens (tertiary/aromatic N) is 4. The largest absolute Gasteiger partial charge is 0.472 e. The molecular formula is C13H12FN5O4. The molecule has 0 radical (unpaired) electrons. The summed E-state index contributed by atoms with van der Waals surface area (Å²) >= 11 is 0. The standard InChI is InChI=1S/C13H12FN5O4/c1-7-6-8(2-3-9(7)14)19-11(17-22-13(19)20)10-12(18-23-16-10)21-5-4-15/h2-3,6H,4-5,15H2,1H3.